The number of piperidine rings is 1. The van der Waals surface area contributed by atoms with Crippen LogP contribution in [0.15, 0.2) is 18.2 Å². The lowest BCUT2D eigenvalue weighted by molar-refractivity contribution is 0.109. The molecule has 0 bridgehead atoms. The van der Waals surface area contributed by atoms with Gasteiger partial charge in [-0.25, -0.2) is 14.0 Å². The fraction of sp³-hybridized carbons (Fsp3) is 0.500. The zero-order chi connectivity index (χ0) is 17.7. The van der Waals surface area contributed by atoms with Crippen molar-refractivity contribution in [3.05, 3.63) is 34.6 Å². The summed E-state index contributed by atoms with van der Waals surface area (Å²) < 4.78 is 18.5. The minimum atomic E-state index is -0.437. The van der Waals surface area contributed by atoms with E-state index in [0.717, 1.165) is 0 Å². The first kappa shape index (κ1) is 18.3. The van der Waals surface area contributed by atoms with Crippen molar-refractivity contribution >= 4 is 23.7 Å². The molecule has 1 aromatic rings. The average Bonchev–Trinajstić information content (AvgIpc) is 2.58. The Labute approximate surface area is 145 Å². The number of hydrogen-bond donors (Lipinski definition) is 1. The highest BCUT2D eigenvalue weighted by molar-refractivity contribution is 6.31. The van der Waals surface area contributed by atoms with Gasteiger partial charge < -0.3 is 19.9 Å². The molecule has 2 rings (SSSR count). The number of halogens is 2. The molecule has 1 heterocycles. The normalized spacial score (nSPS) is 15.1. The first-order chi connectivity index (χ1) is 11.4. The number of benzene rings is 1. The Balaban J connectivity index is 1.85. The lowest BCUT2D eigenvalue weighted by Gasteiger charge is -2.32. The van der Waals surface area contributed by atoms with Gasteiger partial charge in [-0.3, -0.25) is 0 Å². The fourth-order valence-corrected chi connectivity index (χ4v) is 2.84. The Morgan fingerprint density at radius 1 is 1.42 bits per heavy atom. The summed E-state index contributed by atoms with van der Waals surface area (Å²) in [7, 11) is 2.93. The van der Waals surface area contributed by atoms with Gasteiger partial charge in [0.2, 0.25) is 0 Å². The van der Waals surface area contributed by atoms with Crippen molar-refractivity contribution in [2.45, 2.75) is 25.4 Å². The molecule has 8 heteroatoms. The van der Waals surface area contributed by atoms with Gasteiger partial charge in [0.25, 0.3) is 0 Å². The molecule has 1 aliphatic rings. The predicted molar refractivity (Wildman–Crippen MR) is 88.4 cm³/mol. The van der Waals surface area contributed by atoms with Crippen molar-refractivity contribution in [2.24, 2.45) is 0 Å². The summed E-state index contributed by atoms with van der Waals surface area (Å²) in [6, 6.07) is 4.10. The molecular formula is C16H21ClFN3O3. The first-order valence-corrected chi connectivity index (χ1v) is 8.07. The lowest BCUT2D eigenvalue weighted by Crippen LogP contribution is -2.49. The zero-order valence-electron chi connectivity index (χ0n) is 13.7. The maximum absolute atomic E-state index is 13.8. The van der Waals surface area contributed by atoms with Crippen molar-refractivity contribution in [2.75, 3.05) is 27.2 Å². The monoisotopic (exact) mass is 357 g/mol. The van der Waals surface area contributed by atoms with Gasteiger partial charge in [-0.2, -0.15) is 0 Å². The van der Waals surface area contributed by atoms with Crippen molar-refractivity contribution in [3.8, 4) is 0 Å². The molecule has 0 aromatic heterocycles. The fourth-order valence-electron chi connectivity index (χ4n) is 2.61. The van der Waals surface area contributed by atoms with Crippen LogP contribution in [0.5, 0.6) is 0 Å². The third-order valence-corrected chi connectivity index (χ3v) is 4.41. The van der Waals surface area contributed by atoms with E-state index < -0.39 is 5.82 Å². The lowest BCUT2D eigenvalue weighted by atomic mass is 10.1. The summed E-state index contributed by atoms with van der Waals surface area (Å²) >= 11 is 5.98. The SMILES string of the molecule is COC(=O)N1CCC(NC(=O)N(C)Cc2c(F)cccc2Cl)CC1. The van der Waals surface area contributed by atoms with Crippen LogP contribution in [0.1, 0.15) is 18.4 Å². The summed E-state index contributed by atoms with van der Waals surface area (Å²) in [5.74, 6) is -0.437. The molecule has 1 fully saturated rings. The number of urea groups is 1. The number of nitrogens with zero attached hydrogens (tertiary/aromatic N) is 2. The molecule has 6 nitrogen and oxygen atoms in total. The molecule has 1 aliphatic heterocycles. The third kappa shape index (κ3) is 4.50. The summed E-state index contributed by atoms with van der Waals surface area (Å²) in [6.45, 7) is 1.14. The van der Waals surface area contributed by atoms with E-state index in [1.165, 1.54) is 24.1 Å². The van der Waals surface area contributed by atoms with Crippen LogP contribution in [0.2, 0.25) is 5.02 Å². The maximum Gasteiger partial charge on any atom is 0.409 e. The van der Waals surface area contributed by atoms with E-state index in [2.05, 4.69) is 10.1 Å². The number of amides is 3. The molecule has 132 valence electrons. The van der Waals surface area contributed by atoms with Gasteiger partial charge in [0, 0.05) is 36.8 Å². The number of ether oxygens (including phenoxy) is 1. The van der Waals surface area contributed by atoms with Crippen molar-refractivity contribution in [1.82, 2.24) is 15.1 Å². The van der Waals surface area contributed by atoms with E-state index in [1.807, 2.05) is 0 Å². The second-order valence-corrected chi connectivity index (χ2v) is 6.14. The van der Waals surface area contributed by atoms with Crippen LogP contribution in [-0.4, -0.2) is 55.2 Å². The van der Waals surface area contributed by atoms with Crippen LogP contribution in [0.3, 0.4) is 0 Å². The standard InChI is InChI=1S/C16H21ClFN3O3/c1-20(10-12-13(17)4-3-5-14(12)18)15(22)19-11-6-8-21(9-7-11)16(23)24-2/h3-5,11H,6-10H2,1-2H3,(H,19,22). The number of hydrogen-bond acceptors (Lipinski definition) is 3. The summed E-state index contributed by atoms with van der Waals surface area (Å²) in [5.41, 5.74) is 0.289. The zero-order valence-corrected chi connectivity index (χ0v) is 14.5. The van der Waals surface area contributed by atoms with E-state index in [9.17, 15) is 14.0 Å². The molecule has 0 atom stereocenters. The van der Waals surface area contributed by atoms with Crippen molar-refractivity contribution in [1.29, 1.82) is 0 Å². The molecule has 1 saturated heterocycles. The van der Waals surface area contributed by atoms with Gasteiger partial charge in [0.05, 0.1) is 13.7 Å². The van der Waals surface area contributed by atoms with E-state index in [0.29, 0.717) is 31.0 Å². The topological polar surface area (TPSA) is 61.9 Å². The Hall–Kier alpha value is -2.02. The second-order valence-electron chi connectivity index (χ2n) is 5.74. The molecule has 0 unspecified atom stereocenters. The minimum Gasteiger partial charge on any atom is -0.453 e. The number of carbonyl (C=O) groups is 2. The van der Waals surface area contributed by atoms with E-state index in [1.54, 1.807) is 18.0 Å². The smallest absolute Gasteiger partial charge is 0.409 e. The van der Waals surface area contributed by atoms with Gasteiger partial charge in [-0.05, 0) is 25.0 Å². The van der Waals surface area contributed by atoms with Crippen LogP contribution in [0.25, 0.3) is 0 Å². The predicted octanol–water partition coefficient (Wildman–Crippen LogP) is 2.85. The Morgan fingerprint density at radius 2 is 2.08 bits per heavy atom. The molecular weight excluding hydrogens is 337 g/mol. The maximum atomic E-state index is 13.8. The van der Waals surface area contributed by atoms with Crippen LogP contribution in [0.4, 0.5) is 14.0 Å². The number of rotatable bonds is 3. The number of carbonyl (C=O) groups excluding carboxylic acids is 2. The molecule has 0 radical (unpaired) electrons. The number of likely N-dealkylation sites (tertiary alicyclic amines) is 1. The highest BCUT2D eigenvalue weighted by atomic mass is 35.5. The van der Waals surface area contributed by atoms with Crippen LogP contribution >= 0.6 is 11.6 Å². The molecule has 0 spiro atoms. The molecule has 1 aromatic carbocycles. The summed E-state index contributed by atoms with van der Waals surface area (Å²) in [5, 5.41) is 3.19. The quantitative estimate of drug-likeness (QED) is 0.904. The van der Waals surface area contributed by atoms with Crippen LogP contribution in [0, 0.1) is 5.82 Å². The molecule has 1 N–H and O–H groups in total. The molecule has 0 aliphatic carbocycles. The van der Waals surface area contributed by atoms with Crippen molar-refractivity contribution in [3.63, 3.8) is 0 Å². The van der Waals surface area contributed by atoms with Crippen molar-refractivity contribution < 1.29 is 18.7 Å². The van der Waals surface area contributed by atoms with E-state index >= 15 is 0 Å². The van der Waals surface area contributed by atoms with Gasteiger partial charge in [-0.1, -0.05) is 17.7 Å². The Morgan fingerprint density at radius 3 is 2.67 bits per heavy atom. The Kier molecular flexibility index (Phi) is 6.25. The highest BCUT2D eigenvalue weighted by Gasteiger charge is 2.25. The average molecular weight is 358 g/mol. The van der Waals surface area contributed by atoms with Crippen LogP contribution < -0.4 is 5.32 Å². The largest absolute Gasteiger partial charge is 0.453 e. The summed E-state index contributed by atoms with van der Waals surface area (Å²) in [6.07, 6.45) is 0.940. The van der Waals surface area contributed by atoms with Gasteiger partial charge in [-0.15, -0.1) is 0 Å². The number of nitrogens with one attached hydrogen (secondary N) is 1. The first-order valence-electron chi connectivity index (χ1n) is 7.69. The van der Waals surface area contributed by atoms with Gasteiger partial charge in [0.1, 0.15) is 5.82 Å². The second kappa shape index (κ2) is 8.19. The Bertz CT molecular complexity index is 586. The molecule has 24 heavy (non-hydrogen) atoms. The molecule has 3 amide bonds. The highest BCUT2D eigenvalue weighted by Crippen LogP contribution is 2.20. The van der Waals surface area contributed by atoms with Gasteiger partial charge >= 0.3 is 12.1 Å². The van der Waals surface area contributed by atoms with E-state index in [4.69, 9.17) is 11.6 Å². The third-order valence-electron chi connectivity index (χ3n) is 4.06. The molecule has 0 saturated carbocycles. The summed E-state index contributed by atoms with van der Waals surface area (Å²) in [4.78, 5) is 26.7. The number of methoxy groups -OCH3 is 1. The minimum absolute atomic E-state index is 0.0306. The van der Waals surface area contributed by atoms with E-state index in [-0.39, 0.29) is 30.3 Å². The van der Waals surface area contributed by atoms with Gasteiger partial charge in [0.15, 0.2) is 0 Å². The van der Waals surface area contributed by atoms with Crippen LogP contribution in [-0.2, 0) is 11.3 Å².